The number of carbonyl (C=O) groups excluding carboxylic acids is 1. The number of ether oxygens (including phenoxy) is 1. The van der Waals surface area contributed by atoms with Crippen molar-refractivity contribution >= 4 is 5.91 Å². The van der Waals surface area contributed by atoms with Gasteiger partial charge in [0.2, 0.25) is 5.91 Å². The summed E-state index contributed by atoms with van der Waals surface area (Å²) in [5.41, 5.74) is 2.47. The third-order valence-corrected chi connectivity index (χ3v) is 6.33. The molecule has 2 aromatic carbocycles. The molecule has 3 rings (SSSR count). The summed E-state index contributed by atoms with van der Waals surface area (Å²) in [4.78, 5) is 14.6. The Morgan fingerprint density at radius 2 is 1.72 bits per heavy atom. The van der Waals surface area contributed by atoms with Gasteiger partial charge < -0.3 is 9.64 Å². The third kappa shape index (κ3) is 5.70. The number of hydrogen-bond donors (Lipinski definition) is 0. The van der Waals surface area contributed by atoms with Crippen LogP contribution in [0.3, 0.4) is 0 Å². The molecule has 1 fully saturated rings. The van der Waals surface area contributed by atoms with Crippen LogP contribution in [0.25, 0.3) is 0 Å². The highest BCUT2D eigenvalue weighted by atomic mass is 16.5. The summed E-state index contributed by atoms with van der Waals surface area (Å²) in [6, 6.07) is 21.7. The summed E-state index contributed by atoms with van der Waals surface area (Å²) in [7, 11) is 0. The second-order valence-electron chi connectivity index (χ2n) is 9.31. The highest BCUT2D eigenvalue weighted by Crippen LogP contribution is 2.34. The van der Waals surface area contributed by atoms with E-state index in [1.54, 1.807) is 6.92 Å². The SMILES string of the molecule is CC(=O)N(CC[C@@](C)(Cc1ccccc1)c1ccccc1)[C@H]1CCOC(C)(C)C1. The molecular formula is C26H35NO2. The number of rotatable bonds is 7. The first-order valence-electron chi connectivity index (χ1n) is 10.8. The van der Waals surface area contributed by atoms with E-state index in [0.29, 0.717) is 0 Å². The molecule has 2 atom stereocenters. The zero-order chi connectivity index (χ0) is 20.9. The summed E-state index contributed by atoms with van der Waals surface area (Å²) in [5.74, 6) is 0.169. The van der Waals surface area contributed by atoms with E-state index in [-0.39, 0.29) is 23.0 Å². The van der Waals surface area contributed by atoms with Gasteiger partial charge in [0.25, 0.3) is 0 Å². The lowest BCUT2D eigenvalue weighted by Gasteiger charge is -2.42. The predicted molar refractivity (Wildman–Crippen MR) is 119 cm³/mol. The summed E-state index contributed by atoms with van der Waals surface area (Å²) >= 11 is 0. The molecule has 0 spiro atoms. The monoisotopic (exact) mass is 393 g/mol. The van der Waals surface area contributed by atoms with E-state index in [1.165, 1.54) is 11.1 Å². The van der Waals surface area contributed by atoms with Gasteiger partial charge in [0.15, 0.2) is 0 Å². The van der Waals surface area contributed by atoms with Crippen LogP contribution in [0.2, 0.25) is 0 Å². The molecule has 1 aliphatic rings. The molecule has 156 valence electrons. The van der Waals surface area contributed by atoms with Crippen molar-refractivity contribution in [1.29, 1.82) is 0 Å². The van der Waals surface area contributed by atoms with Gasteiger partial charge in [0, 0.05) is 26.1 Å². The quantitative estimate of drug-likeness (QED) is 0.632. The van der Waals surface area contributed by atoms with Crippen LogP contribution in [0.1, 0.15) is 58.1 Å². The van der Waals surface area contributed by atoms with Crippen molar-refractivity contribution in [1.82, 2.24) is 4.90 Å². The maximum absolute atomic E-state index is 12.6. The highest BCUT2D eigenvalue weighted by Gasteiger charge is 2.35. The number of amides is 1. The zero-order valence-corrected chi connectivity index (χ0v) is 18.4. The smallest absolute Gasteiger partial charge is 0.219 e. The van der Waals surface area contributed by atoms with Crippen molar-refractivity contribution in [3.05, 3.63) is 71.8 Å². The minimum Gasteiger partial charge on any atom is -0.375 e. The van der Waals surface area contributed by atoms with Crippen LogP contribution in [0.4, 0.5) is 0 Å². The number of benzene rings is 2. The largest absolute Gasteiger partial charge is 0.375 e. The van der Waals surface area contributed by atoms with Crippen molar-refractivity contribution in [3.8, 4) is 0 Å². The lowest BCUT2D eigenvalue weighted by Crippen LogP contribution is -2.49. The fraction of sp³-hybridized carbons (Fsp3) is 0.500. The molecule has 29 heavy (non-hydrogen) atoms. The Hall–Kier alpha value is -2.13. The van der Waals surface area contributed by atoms with Gasteiger partial charge in [-0.1, -0.05) is 67.6 Å². The molecule has 0 aliphatic carbocycles. The van der Waals surface area contributed by atoms with Gasteiger partial charge in [-0.05, 0) is 56.1 Å². The molecule has 1 heterocycles. The van der Waals surface area contributed by atoms with Crippen LogP contribution in [-0.4, -0.2) is 35.6 Å². The summed E-state index contributed by atoms with van der Waals surface area (Å²) in [6.45, 7) is 9.79. The van der Waals surface area contributed by atoms with Gasteiger partial charge in [-0.25, -0.2) is 0 Å². The first-order chi connectivity index (χ1) is 13.8. The zero-order valence-electron chi connectivity index (χ0n) is 18.4. The Morgan fingerprint density at radius 1 is 1.10 bits per heavy atom. The van der Waals surface area contributed by atoms with Crippen LogP contribution in [0.15, 0.2) is 60.7 Å². The summed E-state index contributed by atoms with van der Waals surface area (Å²) in [6.07, 6.45) is 3.71. The molecule has 0 bridgehead atoms. The van der Waals surface area contributed by atoms with E-state index >= 15 is 0 Å². The predicted octanol–water partition coefficient (Wildman–Crippen LogP) is 5.38. The maximum atomic E-state index is 12.6. The summed E-state index contributed by atoms with van der Waals surface area (Å²) in [5, 5.41) is 0. The van der Waals surface area contributed by atoms with Crippen LogP contribution in [-0.2, 0) is 21.4 Å². The van der Waals surface area contributed by atoms with E-state index in [9.17, 15) is 4.79 Å². The molecule has 3 nitrogen and oxygen atoms in total. The van der Waals surface area contributed by atoms with Crippen LogP contribution in [0, 0.1) is 0 Å². The van der Waals surface area contributed by atoms with Gasteiger partial charge >= 0.3 is 0 Å². The Kier molecular flexibility index (Phi) is 6.79. The molecule has 1 saturated heterocycles. The Labute approximate surface area is 176 Å². The molecule has 0 radical (unpaired) electrons. The van der Waals surface area contributed by atoms with Crippen LogP contribution < -0.4 is 0 Å². The van der Waals surface area contributed by atoms with Crippen LogP contribution in [0.5, 0.6) is 0 Å². The molecule has 0 unspecified atom stereocenters. The van der Waals surface area contributed by atoms with Crippen molar-refractivity contribution < 1.29 is 9.53 Å². The van der Waals surface area contributed by atoms with Gasteiger partial charge in [-0.15, -0.1) is 0 Å². The first kappa shape index (κ1) is 21.6. The Morgan fingerprint density at radius 3 is 2.31 bits per heavy atom. The fourth-order valence-electron chi connectivity index (χ4n) is 4.65. The average Bonchev–Trinajstić information content (AvgIpc) is 2.68. The molecule has 1 amide bonds. The lowest BCUT2D eigenvalue weighted by molar-refractivity contribution is -0.138. The molecular weight excluding hydrogens is 358 g/mol. The lowest BCUT2D eigenvalue weighted by atomic mass is 9.74. The van der Waals surface area contributed by atoms with Gasteiger partial charge in [0.1, 0.15) is 0 Å². The standard InChI is InChI=1S/C26H35NO2/c1-21(28)27(24-15-18-29-25(2,3)20-24)17-16-26(4,23-13-9-6-10-14-23)19-22-11-7-5-8-12-22/h5-14,24H,15-20H2,1-4H3/t24-,26-/m0/s1. The normalized spacial score (nSPS) is 20.6. The molecule has 0 saturated carbocycles. The second kappa shape index (κ2) is 9.13. The molecule has 3 heteroatoms. The van der Waals surface area contributed by atoms with Crippen molar-refractivity contribution in [2.45, 2.75) is 70.4 Å². The number of carbonyl (C=O) groups is 1. The number of hydrogen-bond acceptors (Lipinski definition) is 2. The average molecular weight is 394 g/mol. The van der Waals surface area contributed by atoms with Crippen molar-refractivity contribution in [2.24, 2.45) is 0 Å². The van der Waals surface area contributed by atoms with Crippen LogP contribution >= 0.6 is 0 Å². The minimum atomic E-state index is -0.163. The van der Waals surface area contributed by atoms with E-state index in [4.69, 9.17) is 4.74 Å². The van der Waals surface area contributed by atoms with E-state index in [1.807, 2.05) is 0 Å². The molecule has 2 aromatic rings. The first-order valence-corrected chi connectivity index (χ1v) is 10.8. The van der Waals surface area contributed by atoms with E-state index in [0.717, 1.165) is 38.8 Å². The maximum Gasteiger partial charge on any atom is 0.219 e. The van der Waals surface area contributed by atoms with Gasteiger partial charge in [-0.3, -0.25) is 4.79 Å². The minimum absolute atomic E-state index is 0.0308. The molecule has 0 N–H and O–H groups in total. The van der Waals surface area contributed by atoms with Crippen molar-refractivity contribution in [3.63, 3.8) is 0 Å². The fourth-order valence-corrected chi connectivity index (χ4v) is 4.65. The van der Waals surface area contributed by atoms with E-state index in [2.05, 4.69) is 86.3 Å². The molecule has 0 aromatic heterocycles. The van der Waals surface area contributed by atoms with E-state index < -0.39 is 0 Å². The molecule has 1 aliphatic heterocycles. The Bertz CT molecular complexity index is 787. The number of nitrogens with zero attached hydrogens (tertiary/aromatic N) is 1. The third-order valence-electron chi connectivity index (χ3n) is 6.33. The Balaban J connectivity index is 1.80. The van der Waals surface area contributed by atoms with Gasteiger partial charge in [0.05, 0.1) is 5.60 Å². The highest BCUT2D eigenvalue weighted by molar-refractivity contribution is 5.73. The van der Waals surface area contributed by atoms with Gasteiger partial charge in [-0.2, -0.15) is 0 Å². The second-order valence-corrected chi connectivity index (χ2v) is 9.31. The topological polar surface area (TPSA) is 29.5 Å². The van der Waals surface area contributed by atoms with Crippen molar-refractivity contribution in [2.75, 3.05) is 13.2 Å². The summed E-state index contributed by atoms with van der Waals surface area (Å²) < 4.78 is 5.88.